The predicted octanol–water partition coefficient (Wildman–Crippen LogP) is 2.67. The molecule has 4 aliphatic carbocycles. The number of Topliss-reactive ketones (excluding diaryl/α,β-unsaturated/α-hetero) is 1. The van der Waals surface area contributed by atoms with Crippen molar-refractivity contribution in [1.82, 2.24) is 0 Å². The van der Waals surface area contributed by atoms with Gasteiger partial charge < -0.3 is 5.11 Å². The lowest BCUT2D eigenvalue weighted by atomic mass is 9.52. The monoisotopic (exact) mass is 288 g/mol. The molecule has 3 fully saturated rings. The van der Waals surface area contributed by atoms with Crippen LogP contribution < -0.4 is 0 Å². The zero-order valence-electron chi connectivity index (χ0n) is 12.7. The van der Waals surface area contributed by atoms with Gasteiger partial charge in [-0.1, -0.05) is 12.5 Å². The van der Waals surface area contributed by atoms with Crippen LogP contribution in [0.2, 0.25) is 0 Å². The van der Waals surface area contributed by atoms with Gasteiger partial charge >= 0.3 is 0 Å². The van der Waals surface area contributed by atoms with Crippen LogP contribution in [0, 0.1) is 29.1 Å². The Morgan fingerprint density at radius 3 is 2.76 bits per heavy atom. The summed E-state index contributed by atoms with van der Waals surface area (Å²) in [6.45, 7) is 2.09. The Kier molecular flexibility index (Phi) is 2.94. The van der Waals surface area contributed by atoms with Crippen LogP contribution >= 0.6 is 0 Å². The van der Waals surface area contributed by atoms with E-state index in [9.17, 15) is 14.7 Å². The SMILES string of the molecule is C[C@]12CC[C@H]3[C@@H](CCC4=CC(=O)CC[C@@H]43)[C@@H]1C[C@H](O)C2=O. The molecule has 0 amide bonds. The summed E-state index contributed by atoms with van der Waals surface area (Å²) in [6.07, 6.45) is 7.68. The maximum absolute atomic E-state index is 12.4. The normalized spacial score (nSPS) is 49.2. The fraction of sp³-hybridized carbons (Fsp3) is 0.778. The summed E-state index contributed by atoms with van der Waals surface area (Å²) < 4.78 is 0. The molecule has 4 rings (SSSR count). The van der Waals surface area contributed by atoms with Gasteiger partial charge in [-0.15, -0.1) is 0 Å². The molecule has 0 heterocycles. The minimum Gasteiger partial charge on any atom is -0.385 e. The third-order valence-electron chi connectivity index (χ3n) is 7.03. The standard InChI is InChI=1S/C18H24O3/c1-18-7-6-13-12-5-3-11(19)8-10(12)2-4-14(13)15(18)9-16(20)17(18)21/h8,12-16,20H,2-7,9H2,1H3/t12-,13+,14+,15-,16-,18-/m0/s1. The number of aliphatic hydroxyl groups is 1. The van der Waals surface area contributed by atoms with Crippen LogP contribution in [-0.4, -0.2) is 22.8 Å². The molecule has 4 aliphatic rings. The lowest BCUT2D eigenvalue weighted by Gasteiger charge is -2.51. The van der Waals surface area contributed by atoms with E-state index >= 15 is 0 Å². The number of ketones is 2. The maximum atomic E-state index is 12.4. The van der Waals surface area contributed by atoms with Gasteiger partial charge in [0.25, 0.3) is 0 Å². The van der Waals surface area contributed by atoms with Gasteiger partial charge in [0.2, 0.25) is 0 Å². The zero-order valence-corrected chi connectivity index (χ0v) is 12.7. The van der Waals surface area contributed by atoms with Crippen LogP contribution in [0.1, 0.15) is 51.9 Å². The van der Waals surface area contributed by atoms with E-state index in [1.165, 1.54) is 5.57 Å². The number of carbonyl (C=O) groups is 2. The topological polar surface area (TPSA) is 54.4 Å². The molecule has 0 aromatic carbocycles. The van der Waals surface area contributed by atoms with Crippen LogP contribution in [0.3, 0.4) is 0 Å². The molecule has 0 saturated heterocycles. The highest BCUT2D eigenvalue weighted by atomic mass is 16.3. The first-order chi connectivity index (χ1) is 10.0. The maximum Gasteiger partial charge on any atom is 0.167 e. The summed E-state index contributed by atoms with van der Waals surface area (Å²) in [6, 6.07) is 0. The first kappa shape index (κ1) is 13.7. The summed E-state index contributed by atoms with van der Waals surface area (Å²) in [5, 5.41) is 10.0. The minimum atomic E-state index is -0.733. The number of hydrogen-bond donors (Lipinski definition) is 1. The highest BCUT2D eigenvalue weighted by molar-refractivity contribution is 5.92. The number of carbonyl (C=O) groups excluding carboxylic acids is 2. The molecule has 0 aromatic rings. The minimum absolute atomic E-state index is 0.0890. The van der Waals surface area contributed by atoms with Crippen LogP contribution in [0.25, 0.3) is 0 Å². The molecule has 3 saturated carbocycles. The third-order valence-corrected chi connectivity index (χ3v) is 7.03. The van der Waals surface area contributed by atoms with E-state index in [4.69, 9.17) is 0 Å². The Hall–Kier alpha value is -0.960. The molecular formula is C18H24O3. The number of aliphatic hydroxyl groups excluding tert-OH is 1. The first-order valence-electron chi connectivity index (χ1n) is 8.46. The van der Waals surface area contributed by atoms with Crippen molar-refractivity contribution in [2.45, 2.75) is 58.0 Å². The average molecular weight is 288 g/mol. The van der Waals surface area contributed by atoms with E-state index in [1.807, 2.05) is 6.08 Å². The summed E-state index contributed by atoms with van der Waals surface area (Å²) in [5.74, 6) is 2.52. The lowest BCUT2D eigenvalue weighted by Crippen LogP contribution is -2.46. The molecule has 0 aromatic heterocycles. The summed E-state index contributed by atoms with van der Waals surface area (Å²) in [7, 11) is 0. The highest BCUT2D eigenvalue weighted by Crippen LogP contribution is 2.60. The molecule has 0 spiro atoms. The average Bonchev–Trinajstić information content (AvgIpc) is 2.70. The molecule has 1 N–H and O–H groups in total. The van der Waals surface area contributed by atoms with Crippen molar-refractivity contribution in [2.24, 2.45) is 29.1 Å². The molecule has 0 radical (unpaired) electrons. The molecule has 3 nitrogen and oxygen atoms in total. The van der Waals surface area contributed by atoms with Crippen LogP contribution in [-0.2, 0) is 9.59 Å². The van der Waals surface area contributed by atoms with Crippen molar-refractivity contribution in [2.75, 3.05) is 0 Å². The fourth-order valence-electron chi connectivity index (χ4n) is 5.97. The van der Waals surface area contributed by atoms with Gasteiger partial charge in [0, 0.05) is 11.8 Å². The molecule has 6 atom stereocenters. The predicted molar refractivity (Wildman–Crippen MR) is 78.5 cm³/mol. The molecule has 21 heavy (non-hydrogen) atoms. The van der Waals surface area contributed by atoms with Crippen LogP contribution in [0.5, 0.6) is 0 Å². The van der Waals surface area contributed by atoms with Crippen molar-refractivity contribution < 1.29 is 14.7 Å². The van der Waals surface area contributed by atoms with Gasteiger partial charge in [0.15, 0.2) is 11.6 Å². The van der Waals surface area contributed by atoms with Crippen molar-refractivity contribution in [3.8, 4) is 0 Å². The molecular weight excluding hydrogens is 264 g/mol. The Morgan fingerprint density at radius 2 is 1.95 bits per heavy atom. The third kappa shape index (κ3) is 1.82. The molecule has 0 bridgehead atoms. The quantitative estimate of drug-likeness (QED) is 0.745. The lowest BCUT2D eigenvalue weighted by molar-refractivity contribution is -0.136. The van der Waals surface area contributed by atoms with Gasteiger partial charge in [0.1, 0.15) is 6.10 Å². The Balaban J connectivity index is 1.65. The van der Waals surface area contributed by atoms with Gasteiger partial charge in [-0.25, -0.2) is 0 Å². The highest BCUT2D eigenvalue weighted by Gasteiger charge is 2.58. The van der Waals surface area contributed by atoms with Crippen molar-refractivity contribution in [3.05, 3.63) is 11.6 Å². The van der Waals surface area contributed by atoms with Gasteiger partial charge in [0.05, 0.1) is 0 Å². The van der Waals surface area contributed by atoms with Crippen molar-refractivity contribution >= 4 is 11.6 Å². The summed E-state index contributed by atoms with van der Waals surface area (Å²) in [4.78, 5) is 24.0. The number of fused-ring (bicyclic) bond motifs is 5. The Labute approximate surface area is 125 Å². The second kappa shape index (κ2) is 4.52. The molecule has 0 aliphatic heterocycles. The summed E-state index contributed by atoms with van der Waals surface area (Å²) in [5.41, 5.74) is 1.09. The zero-order chi connectivity index (χ0) is 14.8. The van der Waals surface area contributed by atoms with Crippen molar-refractivity contribution in [1.29, 1.82) is 0 Å². The van der Waals surface area contributed by atoms with Crippen LogP contribution in [0.15, 0.2) is 11.6 Å². The van der Waals surface area contributed by atoms with Gasteiger partial charge in [-0.2, -0.15) is 0 Å². The Bertz CT molecular complexity index is 535. The smallest absolute Gasteiger partial charge is 0.167 e. The van der Waals surface area contributed by atoms with E-state index in [1.54, 1.807) is 0 Å². The van der Waals surface area contributed by atoms with Gasteiger partial charge in [-0.3, -0.25) is 9.59 Å². The molecule has 3 heteroatoms. The molecule has 0 unspecified atom stereocenters. The number of rotatable bonds is 0. The number of allylic oxidation sites excluding steroid dienone is 1. The van der Waals surface area contributed by atoms with E-state index in [-0.39, 0.29) is 11.2 Å². The van der Waals surface area contributed by atoms with Crippen LogP contribution in [0.4, 0.5) is 0 Å². The van der Waals surface area contributed by atoms with E-state index in [2.05, 4.69) is 6.92 Å². The van der Waals surface area contributed by atoms with E-state index in [0.29, 0.717) is 42.3 Å². The second-order valence-electron chi connectivity index (χ2n) is 7.88. The Morgan fingerprint density at radius 1 is 1.14 bits per heavy atom. The second-order valence-corrected chi connectivity index (χ2v) is 7.88. The fourth-order valence-corrected chi connectivity index (χ4v) is 5.97. The summed E-state index contributed by atoms with van der Waals surface area (Å²) >= 11 is 0. The largest absolute Gasteiger partial charge is 0.385 e. The van der Waals surface area contributed by atoms with Crippen molar-refractivity contribution in [3.63, 3.8) is 0 Å². The first-order valence-corrected chi connectivity index (χ1v) is 8.46. The van der Waals surface area contributed by atoms with E-state index in [0.717, 1.165) is 32.1 Å². The van der Waals surface area contributed by atoms with E-state index < -0.39 is 6.10 Å². The van der Waals surface area contributed by atoms with Gasteiger partial charge in [-0.05, 0) is 68.3 Å². The molecule has 114 valence electrons. The number of hydrogen-bond acceptors (Lipinski definition) is 3.